The third kappa shape index (κ3) is 5.84. The number of anilines is 2. The summed E-state index contributed by atoms with van der Waals surface area (Å²) in [7, 11) is 0. The van der Waals surface area contributed by atoms with Gasteiger partial charge in [-0.2, -0.15) is 15.0 Å². The van der Waals surface area contributed by atoms with E-state index in [4.69, 9.17) is 10.5 Å². The second kappa shape index (κ2) is 8.06. The van der Waals surface area contributed by atoms with Gasteiger partial charge in [0.25, 0.3) is 0 Å². The number of nitrogens with two attached hydrogens (primary N) is 1. The van der Waals surface area contributed by atoms with Crippen LogP contribution in [0.15, 0.2) is 0 Å². The smallest absolute Gasteiger partial charge is 0.323 e. The van der Waals surface area contributed by atoms with E-state index in [2.05, 4.69) is 25.6 Å². The van der Waals surface area contributed by atoms with Crippen LogP contribution in [0.3, 0.4) is 0 Å². The van der Waals surface area contributed by atoms with Crippen molar-refractivity contribution in [2.24, 2.45) is 0 Å². The summed E-state index contributed by atoms with van der Waals surface area (Å²) in [5.41, 5.74) is 5.53. The molecule has 0 saturated carbocycles. The molecule has 0 saturated heterocycles. The first-order valence-corrected chi connectivity index (χ1v) is 6.30. The van der Waals surface area contributed by atoms with Gasteiger partial charge in [-0.1, -0.05) is 13.8 Å². The van der Waals surface area contributed by atoms with E-state index >= 15 is 0 Å². The predicted octanol–water partition coefficient (Wildman–Crippen LogP) is 0.181. The molecule has 1 rings (SSSR count). The van der Waals surface area contributed by atoms with E-state index < -0.39 is 0 Å². The fraction of sp³-hybridized carbons (Fsp3) is 0.636. The summed E-state index contributed by atoms with van der Waals surface area (Å²) in [6.07, 6.45) is 1.73. The molecule has 19 heavy (non-hydrogen) atoms. The Hall–Kier alpha value is -2.12. The largest absolute Gasteiger partial charge is 0.463 e. The van der Waals surface area contributed by atoms with Crippen molar-refractivity contribution in [2.45, 2.75) is 26.7 Å². The highest BCUT2D eigenvalue weighted by atomic mass is 16.5. The van der Waals surface area contributed by atoms with Crippen LogP contribution in [0.4, 0.5) is 11.9 Å². The van der Waals surface area contributed by atoms with Crippen LogP contribution in [-0.4, -0.2) is 40.6 Å². The number of rotatable bonds is 8. The normalized spacial score (nSPS) is 10.0. The van der Waals surface area contributed by atoms with Gasteiger partial charge < -0.3 is 21.1 Å². The molecule has 1 amide bonds. The summed E-state index contributed by atoms with van der Waals surface area (Å²) < 4.78 is 5.27. The number of carbonyl (C=O) groups excluding carboxylic acids is 1. The van der Waals surface area contributed by atoms with Gasteiger partial charge in [-0.05, 0) is 12.8 Å². The van der Waals surface area contributed by atoms with Gasteiger partial charge in [-0.3, -0.25) is 4.79 Å². The van der Waals surface area contributed by atoms with E-state index in [1.807, 2.05) is 13.8 Å². The average molecular weight is 268 g/mol. The monoisotopic (exact) mass is 268 g/mol. The van der Waals surface area contributed by atoms with Gasteiger partial charge in [0.05, 0.1) is 13.2 Å². The minimum Gasteiger partial charge on any atom is -0.463 e. The lowest BCUT2D eigenvalue weighted by Gasteiger charge is -2.08. The van der Waals surface area contributed by atoms with Crippen molar-refractivity contribution in [2.75, 3.05) is 30.7 Å². The summed E-state index contributed by atoms with van der Waals surface area (Å²) in [6, 6.07) is 0.158. The molecule has 0 aromatic carbocycles. The summed E-state index contributed by atoms with van der Waals surface area (Å²) >= 11 is 0. The molecule has 0 aliphatic rings. The van der Waals surface area contributed by atoms with Crippen LogP contribution in [-0.2, 0) is 4.79 Å². The minimum atomic E-state index is -0.128. The highest BCUT2D eigenvalue weighted by molar-refractivity contribution is 5.80. The first-order valence-electron chi connectivity index (χ1n) is 6.30. The maximum atomic E-state index is 11.4. The molecule has 0 unspecified atom stereocenters. The third-order valence-corrected chi connectivity index (χ3v) is 2.05. The molecule has 106 valence electrons. The van der Waals surface area contributed by atoms with Crippen LogP contribution in [0, 0.1) is 0 Å². The van der Waals surface area contributed by atoms with Crippen molar-refractivity contribution in [1.29, 1.82) is 0 Å². The average Bonchev–Trinajstić information content (AvgIpc) is 2.40. The maximum Gasteiger partial charge on any atom is 0.323 e. The van der Waals surface area contributed by atoms with E-state index in [1.54, 1.807) is 0 Å². The fourth-order valence-electron chi connectivity index (χ4n) is 1.20. The van der Waals surface area contributed by atoms with Gasteiger partial charge in [-0.15, -0.1) is 0 Å². The van der Waals surface area contributed by atoms with Crippen LogP contribution >= 0.6 is 0 Å². The zero-order valence-electron chi connectivity index (χ0n) is 11.3. The van der Waals surface area contributed by atoms with Crippen LogP contribution in [0.2, 0.25) is 0 Å². The van der Waals surface area contributed by atoms with Crippen molar-refractivity contribution in [3.63, 3.8) is 0 Å². The highest BCUT2D eigenvalue weighted by Crippen LogP contribution is 2.08. The molecule has 8 heteroatoms. The molecule has 1 heterocycles. The number of amides is 1. The molecule has 0 atom stereocenters. The lowest BCUT2D eigenvalue weighted by Crippen LogP contribution is -2.30. The maximum absolute atomic E-state index is 11.4. The first-order chi connectivity index (χ1) is 9.15. The fourth-order valence-corrected chi connectivity index (χ4v) is 1.20. The molecule has 0 fully saturated rings. The standard InChI is InChI=1S/C11H20N6O2/c1-3-5-13-8(18)7-14-10-15-9(12)16-11(17-10)19-6-4-2/h3-7H2,1-2H3,(H,13,18)(H3,12,14,15,16,17). The highest BCUT2D eigenvalue weighted by Gasteiger charge is 2.06. The lowest BCUT2D eigenvalue weighted by molar-refractivity contribution is -0.119. The molecular formula is C11H20N6O2. The summed E-state index contributed by atoms with van der Waals surface area (Å²) in [5, 5.41) is 5.51. The summed E-state index contributed by atoms with van der Waals surface area (Å²) in [5.74, 6) is 0.152. The van der Waals surface area contributed by atoms with Crippen molar-refractivity contribution in [3.8, 4) is 6.01 Å². The quantitative estimate of drug-likeness (QED) is 0.616. The predicted molar refractivity (Wildman–Crippen MR) is 71.8 cm³/mol. The molecule has 1 aromatic rings. The van der Waals surface area contributed by atoms with Crippen molar-refractivity contribution < 1.29 is 9.53 Å². The summed E-state index contributed by atoms with van der Waals surface area (Å²) in [6.45, 7) is 5.18. The Morgan fingerprint density at radius 1 is 1.26 bits per heavy atom. The number of nitrogen functional groups attached to an aromatic ring is 1. The molecule has 0 spiro atoms. The Morgan fingerprint density at radius 2 is 2.05 bits per heavy atom. The van der Waals surface area contributed by atoms with Gasteiger partial charge in [0.2, 0.25) is 17.8 Å². The molecule has 1 aromatic heterocycles. The third-order valence-electron chi connectivity index (χ3n) is 2.05. The van der Waals surface area contributed by atoms with E-state index in [0.717, 1.165) is 12.8 Å². The number of hydrogen-bond acceptors (Lipinski definition) is 7. The number of ether oxygens (including phenoxy) is 1. The zero-order chi connectivity index (χ0) is 14.1. The molecule has 8 nitrogen and oxygen atoms in total. The number of nitrogens with zero attached hydrogens (tertiary/aromatic N) is 3. The van der Waals surface area contributed by atoms with E-state index in [1.165, 1.54) is 0 Å². The van der Waals surface area contributed by atoms with Gasteiger partial charge in [0.15, 0.2) is 0 Å². The zero-order valence-corrected chi connectivity index (χ0v) is 11.3. The Kier molecular flexibility index (Phi) is 6.34. The topological polar surface area (TPSA) is 115 Å². The molecule has 0 aliphatic carbocycles. The van der Waals surface area contributed by atoms with Gasteiger partial charge in [0, 0.05) is 6.54 Å². The van der Waals surface area contributed by atoms with E-state index in [9.17, 15) is 4.79 Å². The Bertz CT molecular complexity index is 412. The Morgan fingerprint density at radius 3 is 2.74 bits per heavy atom. The summed E-state index contributed by atoms with van der Waals surface area (Å²) in [4.78, 5) is 23.1. The number of aromatic nitrogens is 3. The second-order valence-electron chi connectivity index (χ2n) is 3.85. The van der Waals surface area contributed by atoms with Crippen molar-refractivity contribution in [1.82, 2.24) is 20.3 Å². The van der Waals surface area contributed by atoms with Crippen LogP contribution in [0.25, 0.3) is 0 Å². The van der Waals surface area contributed by atoms with Gasteiger partial charge in [0.1, 0.15) is 0 Å². The lowest BCUT2D eigenvalue weighted by atomic mass is 10.4. The van der Waals surface area contributed by atoms with Crippen molar-refractivity contribution in [3.05, 3.63) is 0 Å². The molecule has 4 N–H and O–H groups in total. The van der Waals surface area contributed by atoms with E-state index in [0.29, 0.717) is 13.2 Å². The molecule has 0 bridgehead atoms. The number of carbonyl (C=O) groups is 1. The molecular weight excluding hydrogens is 248 g/mol. The van der Waals surface area contributed by atoms with Crippen LogP contribution in [0.5, 0.6) is 6.01 Å². The minimum absolute atomic E-state index is 0.0533. The number of nitrogens with one attached hydrogen (secondary N) is 2. The van der Waals surface area contributed by atoms with Crippen molar-refractivity contribution >= 4 is 17.8 Å². The number of hydrogen-bond donors (Lipinski definition) is 3. The van der Waals surface area contributed by atoms with Gasteiger partial charge >= 0.3 is 6.01 Å². The Balaban J connectivity index is 2.52. The molecule has 0 aliphatic heterocycles. The second-order valence-corrected chi connectivity index (χ2v) is 3.85. The van der Waals surface area contributed by atoms with Gasteiger partial charge in [-0.25, -0.2) is 0 Å². The Labute approximate surface area is 112 Å². The van der Waals surface area contributed by atoms with E-state index in [-0.39, 0.29) is 30.4 Å². The van der Waals surface area contributed by atoms with Crippen LogP contribution in [0.1, 0.15) is 26.7 Å². The first kappa shape index (κ1) is 14.9. The SMILES string of the molecule is CCCNC(=O)CNc1nc(N)nc(OCCC)n1. The molecule has 0 radical (unpaired) electrons. The van der Waals surface area contributed by atoms with Crippen LogP contribution < -0.4 is 21.1 Å².